The van der Waals surface area contributed by atoms with E-state index < -0.39 is 11.7 Å². The van der Waals surface area contributed by atoms with Gasteiger partial charge in [0.2, 0.25) is 0 Å². The monoisotopic (exact) mass is 374 g/mol. The molecule has 0 atom stereocenters. The van der Waals surface area contributed by atoms with Gasteiger partial charge in [0.05, 0.1) is 17.2 Å². The number of carbonyl (C=O) groups excluding carboxylic acids is 1. The van der Waals surface area contributed by atoms with E-state index in [0.29, 0.717) is 49.5 Å². The molecular formula is C19H17F3N4O. The minimum atomic E-state index is -4.41. The van der Waals surface area contributed by atoms with E-state index in [1.165, 1.54) is 6.07 Å². The first-order chi connectivity index (χ1) is 12.9. The number of halogens is 3. The van der Waals surface area contributed by atoms with Gasteiger partial charge in [-0.05, 0) is 42.8 Å². The standard InChI is InChI=1S/C19H17F3N4O/c20-19(21,22)16-6-7-17(24-13-16)25-8-1-9-26(11-10-25)18(27)15-4-2-14(12-23)3-5-15/h2-7,13H,1,8-11H2. The van der Waals surface area contributed by atoms with Crippen LogP contribution in [0.5, 0.6) is 0 Å². The van der Waals surface area contributed by atoms with Gasteiger partial charge in [0.15, 0.2) is 0 Å². The Morgan fingerprint density at radius 2 is 1.78 bits per heavy atom. The first-order valence-electron chi connectivity index (χ1n) is 8.46. The van der Waals surface area contributed by atoms with E-state index in [1.807, 2.05) is 11.0 Å². The molecule has 0 aliphatic carbocycles. The molecule has 1 aromatic carbocycles. The second kappa shape index (κ2) is 7.66. The molecule has 0 saturated carbocycles. The molecule has 140 valence electrons. The first-order valence-corrected chi connectivity index (χ1v) is 8.46. The lowest BCUT2D eigenvalue weighted by atomic mass is 10.1. The van der Waals surface area contributed by atoms with Gasteiger partial charge in [0, 0.05) is 37.9 Å². The van der Waals surface area contributed by atoms with Crippen LogP contribution in [0.15, 0.2) is 42.6 Å². The average molecular weight is 374 g/mol. The summed E-state index contributed by atoms with van der Waals surface area (Å²) in [6.07, 6.45) is -2.89. The number of aromatic nitrogens is 1. The Hall–Kier alpha value is -3.08. The predicted molar refractivity (Wildman–Crippen MR) is 93.1 cm³/mol. The Balaban J connectivity index is 1.66. The summed E-state index contributed by atoms with van der Waals surface area (Å²) < 4.78 is 38.0. The van der Waals surface area contributed by atoms with Gasteiger partial charge in [0.1, 0.15) is 5.82 Å². The van der Waals surface area contributed by atoms with Crippen LogP contribution in [-0.2, 0) is 6.18 Å². The third-order valence-electron chi connectivity index (χ3n) is 4.44. The molecule has 1 aliphatic rings. The first kappa shape index (κ1) is 18.7. The number of alkyl halides is 3. The van der Waals surface area contributed by atoms with Crippen LogP contribution in [0.2, 0.25) is 0 Å². The summed E-state index contributed by atoms with van der Waals surface area (Å²) in [7, 11) is 0. The predicted octanol–water partition coefficient (Wildman–Crippen LogP) is 3.32. The number of nitriles is 1. The Bertz CT molecular complexity index is 841. The van der Waals surface area contributed by atoms with Crippen LogP contribution in [0.4, 0.5) is 19.0 Å². The highest BCUT2D eigenvalue weighted by Crippen LogP contribution is 2.29. The van der Waals surface area contributed by atoms with Crippen LogP contribution in [0, 0.1) is 11.3 Å². The molecule has 1 amide bonds. The topological polar surface area (TPSA) is 60.2 Å². The van der Waals surface area contributed by atoms with E-state index in [2.05, 4.69) is 4.98 Å². The van der Waals surface area contributed by atoms with Gasteiger partial charge in [0.25, 0.3) is 5.91 Å². The van der Waals surface area contributed by atoms with Gasteiger partial charge in [-0.15, -0.1) is 0 Å². The van der Waals surface area contributed by atoms with Crippen molar-refractivity contribution >= 4 is 11.7 Å². The maximum atomic E-state index is 12.7. The summed E-state index contributed by atoms with van der Waals surface area (Å²) in [6, 6.07) is 10.8. The minimum absolute atomic E-state index is 0.123. The van der Waals surface area contributed by atoms with Crippen LogP contribution in [-0.4, -0.2) is 42.0 Å². The third kappa shape index (κ3) is 4.37. The van der Waals surface area contributed by atoms with Crippen LogP contribution in [0.25, 0.3) is 0 Å². The smallest absolute Gasteiger partial charge is 0.355 e. The Kier molecular flexibility index (Phi) is 5.31. The number of hydrogen-bond donors (Lipinski definition) is 0. The highest BCUT2D eigenvalue weighted by Gasteiger charge is 2.31. The molecule has 0 bridgehead atoms. The van der Waals surface area contributed by atoms with Crippen LogP contribution in [0.3, 0.4) is 0 Å². The van der Waals surface area contributed by atoms with Crippen LogP contribution < -0.4 is 4.90 Å². The Labute approximate surface area is 154 Å². The molecule has 0 N–H and O–H groups in total. The van der Waals surface area contributed by atoms with Crippen LogP contribution in [0.1, 0.15) is 27.9 Å². The highest BCUT2D eigenvalue weighted by atomic mass is 19.4. The lowest BCUT2D eigenvalue weighted by Gasteiger charge is -2.23. The molecule has 2 heterocycles. The summed E-state index contributed by atoms with van der Waals surface area (Å²) in [4.78, 5) is 20.2. The van der Waals surface area contributed by atoms with Crippen molar-refractivity contribution < 1.29 is 18.0 Å². The summed E-state index contributed by atoms with van der Waals surface area (Å²) in [5.74, 6) is 0.345. The number of amides is 1. The van der Waals surface area contributed by atoms with Gasteiger partial charge in [-0.3, -0.25) is 4.79 Å². The zero-order valence-corrected chi connectivity index (χ0v) is 14.4. The van der Waals surface area contributed by atoms with Crippen molar-refractivity contribution in [3.8, 4) is 6.07 Å². The molecule has 1 fully saturated rings. The SMILES string of the molecule is N#Cc1ccc(C(=O)N2CCCN(c3ccc(C(F)(F)F)cn3)CC2)cc1. The van der Waals surface area contributed by atoms with Crippen molar-refractivity contribution in [3.63, 3.8) is 0 Å². The summed E-state index contributed by atoms with van der Waals surface area (Å²) in [5, 5.41) is 8.83. The summed E-state index contributed by atoms with van der Waals surface area (Å²) in [6.45, 7) is 2.09. The fourth-order valence-corrected chi connectivity index (χ4v) is 2.96. The van der Waals surface area contributed by atoms with Gasteiger partial charge >= 0.3 is 6.18 Å². The lowest BCUT2D eigenvalue weighted by molar-refractivity contribution is -0.137. The molecule has 3 rings (SSSR count). The van der Waals surface area contributed by atoms with E-state index in [1.54, 1.807) is 29.2 Å². The molecule has 1 aromatic heterocycles. The van der Waals surface area contributed by atoms with Gasteiger partial charge in [-0.2, -0.15) is 18.4 Å². The average Bonchev–Trinajstić information content (AvgIpc) is 2.93. The molecule has 1 aliphatic heterocycles. The highest BCUT2D eigenvalue weighted by molar-refractivity contribution is 5.94. The van der Waals surface area contributed by atoms with E-state index in [0.717, 1.165) is 12.3 Å². The molecule has 0 unspecified atom stereocenters. The zero-order valence-electron chi connectivity index (χ0n) is 14.4. The van der Waals surface area contributed by atoms with Crippen molar-refractivity contribution in [2.45, 2.75) is 12.6 Å². The van der Waals surface area contributed by atoms with Gasteiger partial charge in [-0.1, -0.05) is 0 Å². The maximum absolute atomic E-state index is 12.7. The number of nitrogens with zero attached hydrogens (tertiary/aromatic N) is 4. The third-order valence-corrected chi connectivity index (χ3v) is 4.44. The van der Waals surface area contributed by atoms with Gasteiger partial charge in [-0.25, -0.2) is 4.98 Å². The second-order valence-electron chi connectivity index (χ2n) is 6.22. The van der Waals surface area contributed by atoms with E-state index >= 15 is 0 Å². The van der Waals surface area contributed by atoms with Crippen LogP contribution >= 0.6 is 0 Å². The largest absolute Gasteiger partial charge is 0.417 e. The minimum Gasteiger partial charge on any atom is -0.355 e. The van der Waals surface area contributed by atoms with Crippen molar-refractivity contribution in [2.24, 2.45) is 0 Å². The lowest BCUT2D eigenvalue weighted by Crippen LogP contribution is -2.35. The van der Waals surface area contributed by atoms with E-state index in [4.69, 9.17) is 5.26 Å². The molecule has 2 aromatic rings. The molecule has 1 saturated heterocycles. The Morgan fingerprint density at radius 1 is 1.04 bits per heavy atom. The summed E-state index contributed by atoms with van der Waals surface area (Å²) in [5.41, 5.74) is 0.218. The van der Waals surface area contributed by atoms with Crippen molar-refractivity contribution in [3.05, 3.63) is 59.3 Å². The number of carbonyl (C=O) groups is 1. The maximum Gasteiger partial charge on any atom is 0.417 e. The molecule has 8 heteroatoms. The number of anilines is 1. The van der Waals surface area contributed by atoms with Gasteiger partial charge < -0.3 is 9.80 Å². The van der Waals surface area contributed by atoms with Crippen molar-refractivity contribution in [2.75, 3.05) is 31.1 Å². The Morgan fingerprint density at radius 3 is 2.37 bits per heavy atom. The van der Waals surface area contributed by atoms with Crippen molar-refractivity contribution in [1.82, 2.24) is 9.88 Å². The van der Waals surface area contributed by atoms with E-state index in [9.17, 15) is 18.0 Å². The number of benzene rings is 1. The fraction of sp³-hybridized carbons (Fsp3) is 0.316. The fourth-order valence-electron chi connectivity index (χ4n) is 2.96. The number of hydrogen-bond acceptors (Lipinski definition) is 4. The molecule has 0 spiro atoms. The molecule has 0 radical (unpaired) electrons. The normalized spacial score (nSPS) is 15.2. The number of pyridine rings is 1. The molecule has 27 heavy (non-hydrogen) atoms. The second-order valence-corrected chi connectivity index (χ2v) is 6.22. The summed E-state index contributed by atoms with van der Waals surface area (Å²) >= 11 is 0. The molecular weight excluding hydrogens is 357 g/mol. The van der Waals surface area contributed by atoms with E-state index in [-0.39, 0.29) is 5.91 Å². The van der Waals surface area contributed by atoms with Crippen molar-refractivity contribution in [1.29, 1.82) is 5.26 Å². The number of rotatable bonds is 2. The quantitative estimate of drug-likeness (QED) is 0.809. The zero-order chi connectivity index (χ0) is 19.4. The molecule has 5 nitrogen and oxygen atoms in total.